The Labute approximate surface area is 69.6 Å². The molecule has 11 heavy (non-hydrogen) atoms. The van der Waals surface area contributed by atoms with E-state index in [-0.39, 0.29) is 0 Å². The Morgan fingerprint density at radius 2 is 1.00 bits per heavy atom. The van der Waals surface area contributed by atoms with E-state index < -0.39 is 0 Å². The number of allylic oxidation sites excluding steroid dienone is 1. The summed E-state index contributed by atoms with van der Waals surface area (Å²) in [7, 11) is 1.50. The van der Waals surface area contributed by atoms with E-state index in [1.54, 1.807) is 6.08 Å². The summed E-state index contributed by atoms with van der Waals surface area (Å²) in [6, 6.07) is 12.0. The quantitative estimate of drug-likeness (QED) is 0.566. The van der Waals surface area contributed by atoms with Crippen molar-refractivity contribution in [1.29, 1.82) is 0 Å². The van der Waals surface area contributed by atoms with Crippen LogP contribution in [0, 0.1) is 0 Å². The highest BCUT2D eigenvalue weighted by Gasteiger charge is 1.57. The maximum absolute atomic E-state index is 4.50. The molecule has 0 aromatic heterocycles. The molecule has 0 saturated carbocycles. The molecule has 0 bridgehead atoms. The molecule has 0 spiro atoms. The second kappa shape index (κ2) is 16.0. The summed E-state index contributed by atoms with van der Waals surface area (Å²) >= 11 is 0. The van der Waals surface area contributed by atoms with Gasteiger partial charge < -0.3 is 5.73 Å². The molecular formula is C10H17N. The van der Waals surface area contributed by atoms with Crippen molar-refractivity contribution in [1.82, 2.24) is 0 Å². The van der Waals surface area contributed by atoms with Crippen molar-refractivity contribution < 1.29 is 0 Å². The molecule has 0 radical (unpaired) electrons. The molecule has 0 unspecified atom stereocenters. The SMILES string of the molecule is C=CC.CN.c1ccccc1. The highest BCUT2D eigenvalue weighted by molar-refractivity contribution is 4.99. The topological polar surface area (TPSA) is 26.0 Å². The lowest BCUT2D eigenvalue weighted by Gasteiger charge is -1.69. The van der Waals surface area contributed by atoms with Gasteiger partial charge in [-0.15, -0.1) is 6.58 Å². The average molecular weight is 151 g/mol. The maximum atomic E-state index is 4.50. The van der Waals surface area contributed by atoms with Crippen LogP contribution in [-0.2, 0) is 0 Å². The Bertz CT molecular complexity index is 108. The van der Waals surface area contributed by atoms with Crippen LogP contribution in [0.3, 0.4) is 0 Å². The van der Waals surface area contributed by atoms with Crippen molar-refractivity contribution in [3.05, 3.63) is 49.1 Å². The van der Waals surface area contributed by atoms with E-state index in [1.807, 2.05) is 43.3 Å². The summed E-state index contributed by atoms with van der Waals surface area (Å²) in [5, 5.41) is 0. The van der Waals surface area contributed by atoms with Crippen molar-refractivity contribution in [2.45, 2.75) is 6.92 Å². The molecule has 1 aromatic rings. The molecule has 2 N–H and O–H groups in total. The number of nitrogens with two attached hydrogens (primary N) is 1. The minimum atomic E-state index is 1.50. The first-order valence-electron chi connectivity index (χ1n) is 3.56. The lowest BCUT2D eigenvalue weighted by molar-refractivity contribution is 1.48. The van der Waals surface area contributed by atoms with Crippen LogP contribution in [0.5, 0.6) is 0 Å². The molecule has 0 atom stereocenters. The average Bonchev–Trinajstić information content (AvgIpc) is 2.12. The molecule has 0 saturated heterocycles. The van der Waals surface area contributed by atoms with E-state index in [2.05, 4.69) is 12.3 Å². The van der Waals surface area contributed by atoms with Crippen molar-refractivity contribution in [3.63, 3.8) is 0 Å². The minimum Gasteiger partial charge on any atom is -0.333 e. The molecule has 0 amide bonds. The Hall–Kier alpha value is -1.08. The second-order valence-electron chi connectivity index (χ2n) is 1.56. The van der Waals surface area contributed by atoms with Crippen LogP contribution in [-0.4, -0.2) is 7.05 Å². The van der Waals surface area contributed by atoms with Crippen LogP contribution in [0.4, 0.5) is 0 Å². The van der Waals surface area contributed by atoms with Gasteiger partial charge >= 0.3 is 0 Å². The first-order chi connectivity index (χ1) is 5.41. The van der Waals surface area contributed by atoms with Crippen molar-refractivity contribution in [3.8, 4) is 0 Å². The number of hydrogen-bond donors (Lipinski definition) is 1. The van der Waals surface area contributed by atoms with E-state index in [0.29, 0.717) is 0 Å². The summed E-state index contributed by atoms with van der Waals surface area (Å²) in [6.07, 6.45) is 1.75. The zero-order valence-corrected chi connectivity index (χ0v) is 7.33. The highest BCUT2D eigenvalue weighted by Crippen LogP contribution is 1.79. The largest absolute Gasteiger partial charge is 0.333 e. The molecule has 62 valence electrons. The van der Waals surface area contributed by atoms with E-state index in [9.17, 15) is 0 Å². The smallest absolute Gasteiger partial charge is 0.0195 e. The van der Waals surface area contributed by atoms with Gasteiger partial charge in [-0.25, -0.2) is 0 Å². The number of hydrogen-bond acceptors (Lipinski definition) is 1. The molecule has 1 heteroatoms. The normalized spacial score (nSPS) is 6.09. The van der Waals surface area contributed by atoms with Crippen LogP contribution in [0.2, 0.25) is 0 Å². The molecule has 0 aliphatic carbocycles. The van der Waals surface area contributed by atoms with Gasteiger partial charge in [0.2, 0.25) is 0 Å². The number of benzene rings is 1. The summed E-state index contributed by atoms with van der Waals surface area (Å²) in [6.45, 7) is 5.25. The fourth-order valence-electron chi connectivity index (χ4n) is 0.385. The third-order valence-corrected chi connectivity index (χ3v) is 0.667. The zero-order valence-electron chi connectivity index (χ0n) is 7.33. The van der Waals surface area contributed by atoms with Gasteiger partial charge in [0, 0.05) is 0 Å². The van der Waals surface area contributed by atoms with Crippen molar-refractivity contribution >= 4 is 0 Å². The molecule has 0 heterocycles. The molecule has 1 aromatic carbocycles. The summed E-state index contributed by atoms with van der Waals surface area (Å²) < 4.78 is 0. The van der Waals surface area contributed by atoms with Gasteiger partial charge in [0.05, 0.1) is 0 Å². The van der Waals surface area contributed by atoms with Gasteiger partial charge in [0.25, 0.3) is 0 Å². The van der Waals surface area contributed by atoms with E-state index in [4.69, 9.17) is 0 Å². The first-order valence-corrected chi connectivity index (χ1v) is 3.56. The third-order valence-electron chi connectivity index (χ3n) is 0.667. The lowest BCUT2D eigenvalue weighted by Crippen LogP contribution is -1.69. The fraction of sp³-hybridized carbons (Fsp3) is 0.200. The van der Waals surface area contributed by atoms with Crippen LogP contribution in [0.1, 0.15) is 6.92 Å². The lowest BCUT2D eigenvalue weighted by atomic mass is 10.4. The Kier molecular flexibility index (Phi) is 18.3. The van der Waals surface area contributed by atoms with E-state index >= 15 is 0 Å². The van der Waals surface area contributed by atoms with Gasteiger partial charge in [-0.1, -0.05) is 42.5 Å². The summed E-state index contributed by atoms with van der Waals surface area (Å²) in [5.41, 5.74) is 4.50. The molecule has 0 aliphatic heterocycles. The van der Waals surface area contributed by atoms with Crippen LogP contribution < -0.4 is 5.73 Å². The van der Waals surface area contributed by atoms with Crippen molar-refractivity contribution in [2.24, 2.45) is 5.73 Å². The van der Waals surface area contributed by atoms with E-state index in [1.165, 1.54) is 7.05 Å². The van der Waals surface area contributed by atoms with Crippen LogP contribution in [0.25, 0.3) is 0 Å². The van der Waals surface area contributed by atoms with Gasteiger partial charge in [0.15, 0.2) is 0 Å². The maximum Gasteiger partial charge on any atom is -0.0195 e. The van der Waals surface area contributed by atoms with Gasteiger partial charge in [-0.2, -0.15) is 0 Å². The monoisotopic (exact) mass is 151 g/mol. The van der Waals surface area contributed by atoms with Crippen LogP contribution in [0.15, 0.2) is 49.1 Å². The second-order valence-corrected chi connectivity index (χ2v) is 1.56. The minimum absolute atomic E-state index is 1.50. The van der Waals surface area contributed by atoms with Crippen LogP contribution >= 0.6 is 0 Å². The predicted octanol–water partition coefficient (Wildman–Crippen LogP) is 2.45. The molecule has 1 nitrogen and oxygen atoms in total. The van der Waals surface area contributed by atoms with Gasteiger partial charge in [-0.3, -0.25) is 0 Å². The third kappa shape index (κ3) is 17.6. The summed E-state index contributed by atoms with van der Waals surface area (Å²) in [4.78, 5) is 0. The van der Waals surface area contributed by atoms with Gasteiger partial charge in [0.1, 0.15) is 0 Å². The highest BCUT2D eigenvalue weighted by atomic mass is 14.4. The Morgan fingerprint density at radius 1 is 0.909 bits per heavy atom. The van der Waals surface area contributed by atoms with Crippen molar-refractivity contribution in [2.75, 3.05) is 7.05 Å². The predicted molar refractivity (Wildman–Crippen MR) is 52.4 cm³/mol. The van der Waals surface area contributed by atoms with Gasteiger partial charge in [-0.05, 0) is 14.0 Å². The summed E-state index contributed by atoms with van der Waals surface area (Å²) in [5.74, 6) is 0. The first kappa shape index (κ1) is 12.6. The fourth-order valence-corrected chi connectivity index (χ4v) is 0.385. The standard InChI is InChI=1S/C6H6.C3H6.CH5N/c1-2-4-6-5-3-1;1-3-2;1-2/h1-6H;3H,1H2,2H3;2H2,1H3. The van der Waals surface area contributed by atoms with E-state index in [0.717, 1.165) is 0 Å². The Morgan fingerprint density at radius 3 is 1.09 bits per heavy atom. The number of rotatable bonds is 0. The Balaban J connectivity index is 0. The molecule has 1 rings (SSSR count). The zero-order chi connectivity index (χ0) is 8.95. The molecular weight excluding hydrogens is 134 g/mol. The molecule has 0 fully saturated rings. The molecule has 0 aliphatic rings.